The second-order valence-electron chi connectivity index (χ2n) is 5.06. The predicted molar refractivity (Wildman–Crippen MR) is 91.2 cm³/mol. The van der Waals surface area contributed by atoms with Crippen molar-refractivity contribution in [2.45, 2.75) is 0 Å². The van der Waals surface area contributed by atoms with Crippen molar-refractivity contribution in [3.05, 3.63) is 59.9 Å². The topological polar surface area (TPSA) is 76.7 Å². The van der Waals surface area contributed by atoms with Crippen LogP contribution in [0.1, 0.15) is 10.4 Å². The molecule has 0 aromatic heterocycles. The van der Waals surface area contributed by atoms with E-state index in [1.165, 1.54) is 25.3 Å². The molecule has 0 aliphatic rings. The summed E-state index contributed by atoms with van der Waals surface area (Å²) in [4.78, 5) is 24.0. The van der Waals surface area contributed by atoms with E-state index >= 15 is 0 Å². The first-order valence-corrected chi connectivity index (χ1v) is 7.65. The summed E-state index contributed by atoms with van der Waals surface area (Å²) in [5.74, 6) is -1.13. The highest BCUT2D eigenvalue weighted by molar-refractivity contribution is 5.97. The first-order valence-electron chi connectivity index (χ1n) is 7.65. The van der Waals surface area contributed by atoms with E-state index in [0.717, 1.165) is 0 Å². The molecule has 2 amide bonds. The zero-order valence-corrected chi connectivity index (χ0v) is 13.8. The van der Waals surface area contributed by atoms with Crippen molar-refractivity contribution in [1.82, 2.24) is 5.32 Å². The van der Waals surface area contributed by atoms with Crippen molar-refractivity contribution in [1.29, 1.82) is 0 Å². The van der Waals surface area contributed by atoms with Gasteiger partial charge in [0.2, 0.25) is 0 Å². The fraction of sp³-hybridized carbons (Fsp3) is 0.222. The number of methoxy groups -OCH3 is 1. The molecule has 0 fully saturated rings. The molecule has 2 N–H and O–H groups in total. The van der Waals surface area contributed by atoms with Gasteiger partial charge in [-0.1, -0.05) is 24.3 Å². The number of ether oxygens (including phenoxy) is 2. The summed E-state index contributed by atoms with van der Waals surface area (Å²) in [6.45, 7) is 0.397. The van der Waals surface area contributed by atoms with Gasteiger partial charge in [-0.15, -0.1) is 0 Å². The molecule has 7 heteroatoms. The fourth-order valence-corrected chi connectivity index (χ4v) is 2.03. The monoisotopic (exact) mass is 346 g/mol. The highest BCUT2D eigenvalue weighted by Crippen LogP contribution is 2.18. The number of hydrogen-bond donors (Lipinski definition) is 2. The second kappa shape index (κ2) is 9.39. The lowest BCUT2D eigenvalue weighted by atomic mass is 10.2. The van der Waals surface area contributed by atoms with Gasteiger partial charge in [-0.25, -0.2) is 4.39 Å². The van der Waals surface area contributed by atoms with Gasteiger partial charge in [0.05, 0.1) is 17.9 Å². The highest BCUT2D eigenvalue weighted by atomic mass is 19.1. The quantitative estimate of drug-likeness (QED) is 0.719. The number of rotatable bonds is 8. The number of halogens is 1. The van der Waals surface area contributed by atoms with E-state index in [1.807, 2.05) is 0 Å². The molecular weight excluding hydrogens is 327 g/mol. The third-order valence-electron chi connectivity index (χ3n) is 3.23. The van der Waals surface area contributed by atoms with Crippen LogP contribution in [-0.2, 0) is 9.53 Å². The Labute approximate surface area is 144 Å². The van der Waals surface area contributed by atoms with Crippen molar-refractivity contribution < 1.29 is 23.5 Å². The van der Waals surface area contributed by atoms with Gasteiger partial charge in [0.15, 0.2) is 6.61 Å². The SMILES string of the molecule is COCCNC(=O)c1ccccc1OCC(=O)Nc1ccccc1F. The Bertz CT molecular complexity index is 737. The molecule has 0 radical (unpaired) electrons. The van der Waals surface area contributed by atoms with Gasteiger partial charge < -0.3 is 20.1 Å². The number of carbonyl (C=O) groups is 2. The average Bonchev–Trinajstić information content (AvgIpc) is 2.62. The van der Waals surface area contributed by atoms with Crippen LogP contribution in [0.3, 0.4) is 0 Å². The summed E-state index contributed by atoms with van der Waals surface area (Å²) in [6, 6.07) is 12.4. The number of amides is 2. The number of benzene rings is 2. The van der Waals surface area contributed by atoms with Crippen LogP contribution in [-0.4, -0.2) is 38.7 Å². The van der Waals surface area contributed by atoms with Crippen LogP contribution < -0.4 is 15.4 Å². The molecule has 25 heavy (non-hydrogen) atoms. The summed E-state index contributed by atoms with van der Waals surface area (Å²) in [6.07, 6.45) is 0. The third-order valence-corrected chi connectivity index (χ3v) is 3.23. The number of carbonyl (C=O) groups excluding carboxylic acids is 2. The summed E-state index contributed by atoms with van der Waals surface area (Å²) in [7, 11) is 1.54. The van der Waals surface area contributed by atoms with Crippen LogP contribution in [0.15, 0.2) is 48.5 Å². The molecule has 0 spiro atoms. The maximum atomic E-state index is 13.5. The largest absolute Gasteiger partial charge is 0.483 e. The number of para-hydroxylation sites is 2. The lowest BCUT2D eigenvalue weighted by molar-refractivity contribution is -0.118. The zero-order valence-electron chi connectivity index (χ0n) is 13.8. The van der Waals surface area contributed by atoms with E-state index in [0.29, 0.717) is 18.7 Å². The van der Waals surface area contributed by atoms with Crippen molar-refractivity contribution in [2.24, 2.45) is 0 Å². The fourth-order valence-electron chi connectivity index (χ4n) is 2.03. The zero-order chi connectivity index (χ0) is 18.1. The molecule has 2 aromatic carbocycles. The Morgan fingerprint density at radius 2 is 1.80 bits per heavy atom. The molecular formula is C18H19FN2O4. The molecule has 0 saturated carbocycles. The van der Waals surface area contributed by atoms with E-state index in [4.69, 9.17) is 9.47 Å². The second-order valence-corrected chi connectivity index (χ2v) is 5.06. The van der Waals surface area contributed by atoms with Crippen molar-refractivity contribution in [3.63, 3.8) is 0 Å². The summed E-state index contributed by atoms with van der Waals surface area (Å²) in [5.41, 5.74) is 0.374. The van der Waals surface area contributed by atoms with Crippen molar-refractivity contribution >= 4 is 17.5 Å². The number of anilines is 1. The Balaban J connectivity index is 1.95. The maximum Gasteiger partial charge on any atom is 0.262 e. The lowest BCUT2D eigenvalue weighted by Crippen LogP contribution is -2.28. The van der Waals surface area contributed by atoms with Crippen LogP contribution in [0.4, 0.5) is 10.1 Å². The number of nitrogens with one attached hydrogen (secondary N) is 2. The first-order chi connectivity index (χ1) is 12.1. The van der Waals surface area contributed by atoms with Gasteiger partial charge in [0, 0.05) is 13.7 Å². The van der Waals surface area contributed by atoms with Gasteiger partial charge in [0.1, 0.15) is 11.6 Å². The Kier molecular flexibility index (Phi) is 6.91. The molecule has 0 aliphatic heterocycles. The van der Waals surface area contributed by atoms with E-state index in [2.05, 4.69) is 10.6 Å². The molecule has 0 saturated heterocycles. The molecule has 0 atom stereocenters. The highest BCUT2D eigenvalue weighted by Gasteiger charge is 2.13. The average molecular weight is 346 g/mol. The van der Waals surface area contributed by atoms with Gasteiger partial charge in [-0.2, -0.15) is 0 Å². The molecule has 132 valence electrons. The van der Waals surface area contributed by atoms with Gasteiger partial charge in [0.25, 0.3) is 11.8 Å². The minimum atomic E-state index is -0.534. The molecule has 0 bridgehead atoms. The van der Waals surface area contributed by atoms with Crippen LogP contribution in [0.5, 0.6) is 5.75 Å². The first kappa shape index (κ1) is 18.4. The normalized spacial score (nSPS) is 10.2. The maximum absolute atomic E-state index is 13.5. The number of hydrogen-bond acceptors (Lipinski definition) is 4. The summed E-state index contributed by atoms with van der Waals surface area (Å²) in [5, 5.41) is 5.10. The molecule has 2 aromatic rings. The molecule has 2 rings (SSSR count). The Hall–Kier alpha value is -2.93. The van der Waals surface area contributed by atoms with E-state index in [-0.39, 0.29) is 24.0 Å². The summed E-state index contributed by atoms with van der Waals surface area (Å²) < 4.78 is 23.8. The van der Waals surface area contributed by atoms with Crippen LogP contribution in [0.25, 0.3) is 0 Å². The lowest BCUT2D eigenvalue weighted by Gasteiger charge is -2.12. The minimum absolute atomic E-state index is 0.0710. The molecule has 0 unspecified atom stereocenters. The van der Waals surface area contributed by atoms with Crippen LogP contribution in [0.2, 0.25) is 0 Å². The minimum Gasteiger partial charge on any atom is -0.483 e. The van der Waals surface area contributed by atoms with Crippen LogP contribution >= 0.6 is 0 Å². The van der Waals surface area contributed by atoms with Crippen molar-refractivity contribution in [2.75, 3.05) is 32.2 Å². The predicted octanol–water partition coefficient (Wildman–Crippen LogP) is 2.22. The summed E-state index contributed by atoms with van der Waals surface area (Å²) >= 11 is 0. The Morgan fingerprint density at radius 3 is 2.56 bits per heavy atom. The third kappa shape index (κ3) is 5.58. The van der Waals surface area contributed by atoms with E-state index < -0.39 is 11.7 Å². The molecule has 6 nitrogen and oxygen atoms in total. The smallest absolute Gasteiger partial charge is 0.262 e. The molecule has 0 heterocycles. The molecule has 0 aliphatic carbocycles. The van der Waals surface area contributed by atoms with E-state index in [1.54, 1.807) is 30.3 Å². The van der Waals surface area contributed by atoms with Gasteiger partial charge >= 0.3 is 0 Å². The Morgan fingerprint density at radius 1 is 1.08 bits per heavy atom. The van der Waals surface area contributed by atoms with Gasteiger partial charge in [-0.05, 0) is 24.3 Å². The van der Waals surface area contributed by atoms with Crippen LogP contribution in [0, 0.1) is 5.82 Å². The van der Waals surface area contributed by atoms with Crippen molar-refractivity contribution in [3.8, 4) is 5.75 Å². The van der Waals surface area contributed by atoms with E-state index in [9.17, 15) is 14.0 Å². The standard InChI is InChI=1S/C18H19FN2O4/c1-24-11-10-20-18(23)13-6-2-5-9-16(13)25-12-17(22)21-15-8-4-3-7-14(15)19/h2-9H,10-12H2,1H3,(H,20,23)(H,21,22). The van der Waals surface area contributed by atoms with Gasteiger partial charge in [-0.3, -0.25) is 9.59 Å².